The predicted molar refractivity (Wildman–Crippen MR) is 111 cm³/mol. The number of thioether (sulfide) groups is 1. The number of amides is 1. The monoisotopic (exact) mass is 443 g/mol. The molecule has 9 heteroatoms. The topological polar surface area (TPSA) is 54.0 Å². The number of hydrogen-bond acceptors (Lipinski definition) is 5. The average Bonchev–Trinajstić information content (AvgIpc) is 3.12. The van der Waals surface area contributed by atoms with Gasteiger partial charge in [-0.15, -0.1) is 23.1 Å². The van der Waals surface area contributed by atoms with Crippen molar-refractivity contribution in [3.63, 3.8) is 0 Å². The molecule has 26 heavy (non-hydrogen) atoms. The second-order valence-corrected chi connectivity index (χ2v) is 8.07. The lowest BCUT2D eigenvalue weighted by Gasteiger charge is -2.13. The van der Waals surface area contributed by atoms with Gasteiger partial charge >= 0.3 is 0 Å². The molecule has 2 aromatic carbocycles. The van der Waals surface area contributed by atoms with Crippen LogP contribution in [0, 0.1) is 0 Å². The van der Waals surface area contributed by atoms with Gasteiger partial charge in [-0.3, -0.25) is 15.6 Å². The zero-order valence-electron chi connectivity index (χ0n) is 13.1. The number of nitrogens with one attached hydrogen (secondary N) is 2. The maximum absolute atomic E-state index is 12.6. The maximum atomic E-state index is 12.6. The van der Waals surface area contributed by atoms with E-state index in [0.29, 0.717) is 32.1 Å². The number of hydrogen-bond donors (Lipinski definition) is 2. The van der Waals surface area contributed by atoms with Gasteiger partial charge < -0.3 is 0 Å². The van der Waals surface area contributed by atoms with Gasteiger partial charge in [-0.2, -0.15) is 0 Å². The first-order valence-electron chi connectivity index (χ1n) is 7.34. The van der Waals surface area contributed by atoms with Gasteiger partial charge in [-0.25, -0.2) is 4.98 Å². The van der Waals surface area contributed by atoms with Gasteiger partial charge in [0.2, 0.25) is 0 Å². The van der Waals surface area contributed by atoms with Crippen molar-refractivity contribution in [1.29, 1.82) is 0 Å². The fourth-order valence-corrected chi connectivity index (χ4v) is 4.62. The van der Waals surface area contributed by atoms with Crippen LogP contribution >= 0.6 is 57.9 Å². The van der Waals surface area contributed by atoms with Crippen LogP contribution in [0.3, 0.4) is 0 Å². The predicted octanol–water partition coefficient (Wildman–Crippen LogP) is 6.15. The Kier molecular flexibility index (Phi) is 6.67. The summed E-state index contributed by atoms with van der Waals surface area (Å²) in [7, 11) is 0. The third-order valence-electron chi connectivity index (χ3n) is 3.30. The standard InChI is InChI=1S/C17H12Cl3N3OS2/c18-10-5-13(19)16(14(20)6-10)22-23-17(24)12-3-1-2-4-15(12)26-8-11-7-25-9-21-11/h1-7,9,22H,8H2,(H,23,24). The molecule has 3 aromatic rings. The fourth-order valence-electron chi connectivity index (χ4n) is 2.09. The van der Waals surface area contributed by atoms with E-state index in [1.807, 2.05) is 23.6 Å². The van der Waals surface area contributed by atoms with E-state index >= 15 is 0 Å². The molecule has 0 aliphatic carbocycles. The number of rotatable bonds is 6. The van der Waals surface area contributed by atoms with Crippen LogP contribution in [-0.4, -0.2) is 10.9 Å². The summed E-state index contributed by atoms with van der Waals surface area (Å²) in [5.41, 5.74) is 9.08. The number of carbonyl (C=O) groups is 1. The molecule has 0 saturated heterocycles. The molecule has 4 nitrogen and oxygen atoms in total. The number of carbonyl (C=O) groups excluding carboxylic acids is 1. The molecule has 0 spiro atoms. The molecule has 0 aliphatic heterocycles. The molecule has 1 heterocycles. The number of thiazole rings is 1. The summed E-state index contributed by atoms with van der Waals surface area (Å²) in [6, 6.07) is 10.4. The molecule has 3 rings (SSSR count). The van der Waals surface area contributed by atoms with Gasteiger partial charge in [0.1, 0.15) is 0 Å². The van der Waals surface area contributed by atoms with Crippen molar-refractivity contribution in [2.45, 2.75) is 10.6 Å². The van der Waals surface area contributed by atoms with Crippen LogP contribution in [0.5, 0.6) is 0 Å². The minimum Gasteiger partial charge on any atom is -0.295 e. The Bertz CT molecular complexity index is 896. The minimum atomic E-state index is -0.298. The van der Waals surface area contributed by atoms with E-state index in [1.165, 1.54) is 0 Å². The number of hydrazine groups is 1. The summed E-state index contributed by atoms with van der Waals surface area (Å²) in [6.45, 7) is 0. The van der Waals surface area contributed by atoms with Gasteiger partial charge in [0.15, 0.2) is 0 Å². The molecule has 2 N–H and O–H groups in total. The summed E-state index contributed by atoms with van der Waals surface area (Å²) in [5.74, 6) is 0.393. The number of nitrogens with zero attached hydrogens (tertiary/aromatic N) is 1. The van der Waals surface area contributed by atoms with Crippen molar-refractivity contribution < 1.29 is 4.79 Å². The Balaban J connectivity index is 1.70. The summed E-state index contributed by atoms with van der Waals surface area (Å²) in [5, 5.41) is 3.03. The van der Waals surface area contributed by atoms with Crippen molar-refractivity contribution in [2.75, 3.05) is 5.43 Å². The van der Waals surface area contributed by atoms with Crippen molar-refractivity contribution in [3.8, 4) is 0 Å². The summed E-state index contributed by atoms with van der Waals surface area (Å²) >= 11 is 21.2. The number of aromatic nitrogens is 1. The highest BCUT2D eigenvalue weighted by Gasteiger charge is 2.13. The lowest BCUT2D eigenvalue weighted by atomic mass is 10.2. The first-order valence-corrected chi connectivity index (χ1v) is 10.4. The lowest BCUT2D eigenvalue weighted by molar-refractivity contribution is 0.0960. The van der Waals surface area contributed by atoms with Crippen LogP contribution in [0.1, 0.15) is 16.1 Å². The van der Waals surface area contributed by atoms with Crippen molar-refractivity contribution >= 4 is 69.5 Å². The van der Waals surface area contributed by atoms with Gasteiger partial charge in [0.05, 0.1) is 32.5 Å². The highest BCUT2D eigenvalue weighted by atomic mass is 35.5. The highest BCUT2D eigenvalue weighted by molar-refractivity contribution is 7.98. The zero-order valence-corrected chi connectivity index (χ0v) is 17.0. The molecule has 134 valence electrons. The summed E-state index contributed by atoms with van der Waals surface area (Å²) in [4.78, 5) is 17.7. The molecule has 0 fully saturated rings. The second-order valence-electron chi connectivity index (χ2n) is 5.09. The normalized spacial score (nSPS) is 10.6. The molecule has 0 bridgehead atoms. The lowest BCUT2D eigenvalue weighted by Crippen LogP contribution is -2.30. The SMILES string of the molecule is O=C(NNc1c(Cl)cc(Cl)cc1Cl)c1ccccc1SCc1cscn1. The first kappa shape index (κ1) is 19.3. The van der Waals surface area contributed by atoms with Crippen LogP contribution in [0.2, 0.25) is 15.1 Å². The Morgan fingerprint density at radius 2 is 1.88 bits per heavy atom. The number of benzene rings is 2. The molecule has 1 aromatic heterocycles. The van der Waals surface area contributed by atoms with Gasteiger partial charge in [-0.05, 0) is 24.3 Å². The van der Waals surface area contributed by atoms with E-state index in [1.54, 1.807) is 46.8 Å². The smallest absolute Gasteiger partial charge is 0.270 e. The molecule has 0 radical (unpaired) electrons. The Hall–Kier alpha value is -1.44. The molecular weight excluding hydrogens is 433 g/mol. The van der Waals surface area contributed by atoms with Crippen LogP contribution < -0.4 is 10.9 Å². The van der Waals surface area contributed by atoms with Gasteiger partial charge in [0.25, 0.3) is 5.91 Å². The first-order chi connectivity index (χ1) is 12.5. The van der Waals surface area contributed by atoms with Crippen LogP contribution in [0.4, 0.5) is 5.69 Å². The average molecular weight is 445 g/mol. The quantitative estimate of drug-likeness (QED) is 0.353. The largest absolute Gasteiger partial charge is 0.295 e. The number of halogens is 3. The van der Waals surface area contributed by atoms with Crippen molar-refractivity contribution in [2.24, 2.45) is 0 Å². The summed E-state index contributed by atoms with van der Waals surface area (Å²) < 4.78 is 0. The van der Waals surface area contributed by atoms with Crippen molar-refractivity contribution in [1.82, 2.24) is 10.4 Å². The Labute approximate surface area is 173 Å². The van der Waals surface area contributed by atoms with Crippen LogP contribution in [0.15, 0.2) is 52.2 Å². The maximum Gasteiger partial charge on any atom is 0.270 e. The third-order valence-corrected chi connectivity index (χ3v) is 5.86. The Morgan fingerprint density at radius 3 is 2.58 bits per heavy atom. The van der Waals surface area contributed by atoms with E-state index in [4.69, 9.17) is 34.8 Å². The van der Waals surface area contributed by atoms with Crippen LogP contribution in [-0.2, 0) is 5.75 Å². The number of anilines is 1. The van der Waals surface area contributed by atoms with Gasteiger partial charge in [0, 0.05) is 21.1 Å². The molecular formula is C17H12Cl3N3OS2. The summed E-state index contributed by atoms with van der Waals surface area (Å²) in [6.07, 6.45) is 0. The van der Waals surface area contributed by atoms with E-state index < -0.39 is 0 Å². The second kappa shape index (κ2) is 8.97. The molecule has 0 atom stereocenters. The van der Waals surface area contributed by atoms with E-state index in [0.717, 1.165) is 10.6 Å². The van der Waals surface area contributed by atoms with E-state index in [2.05, 4.69) is 15.8 Å². The third kappa shape index (κ3) is 4.84. The minimum absolute atomic E-state index is 0.298. The fraction of sp³-hybridized carbons (Fsp3) is 0.0588. The van der Waals surface area contributed by atoms with Gasteiger partial charge in [-0.1, -0.05) is 46.9 Å². The molecule has 1 amide bonds. The van der Waals surface area contributed by atoms with Crippen LogP contribution in [0.25, 0.3) is 0 Å². The molecule has 0 saturated carbocycles. The Morgan fingerprint density at radius 1 is 1.15 bits per heavy atom. The van der Waals surface area contributed by atoms with Crippen molar-refractivity contribution in [3.05, 3.63) is 73.6 Å². The zero-order chi connectivity index (χ0) is 18.5. The molecule has 0 unspecified atom stereocenters. The molecule has 0 aliphatic rings. The van der Waals surface area contributed by atoms with E-state index in [-0.39, 0.29) is 5.91 Å². The van der Waals surface area contributed by atoms with E-state index in [9.17, 15) is 4.79 Å². The highest BCUT2D eigenvalue weighted by Crippen LogP contribution is 2.33.